The van der Waals surface area contributed by atoms with Crippen LogP contribution in [0.15, 0.2) is 34.1 Å². The molecule has 0 fully saturated rings. The molecular weight excluding hydrogens is 343 g/mol. The van der Waals surface area contributed by atoms with Crippen molar-refractivity contribution in [1.29, 1.82) is 0 Å². The number of rotatable bonds is 3. The standard InChI is InChI=1S/C12H9BrCl2OS/c13-8-5-7(1-2-9(8)14)11(16)6-12-10(15)3-4-17-12/h1-5,11,16H,6H2. The lowest BCUT2D eigenvalue weighted by Gasteiger charge is -2.11. The van der Waals surface area contributed by atoms with Gasteiger partial charge in [-0.3, -0.25) is 0 Å². The summed E-state index contributed by atoms with van der Waals surface area (Å²) in [4.78, 5) is 0.991. The van der Waals surface area contributed by atoms with Crippen molar-refractivity contribution < 1.29 is 5.11 Å². The third-order valence-corrected chi connectivity index (χ3v) is 5.02. The van der Waals surface area contributed by atoms with Crippen LogP contribution in [0.5, 0.6) is 0 Å². The molecule has 1 atom stereocenters. The highest BCUT2D eigenvalue weighted by Crippen LogP contribution is 2.30. The highest BCUT2D eigenvalue weighted by atomic mass is 79.9. The van der Waals surface area contributed by atoms with Crippen LogP contribution < -0.4 is 0 Å². The molecule has 0 saturated carbocycles. The van der Waals surface area contributed by atoms with E-state index in [0.717, 1.165) is 14.9 Å². The highest BCUT2D eigenvalue weighted by molar-refractivity contribution is 9.10. The fourth-order valence-electron chi connectivity index (χ4n) is 1.48. The lowest BCUT2D eigenvalue weighted by molar-refractivity contribution is 0.179. The zero-order valence-corrected chi connectivity index (χ0v) is 12.6. The van der Waals surface area contributed by atoms with Gasteiger partial charge in [0.1, 0.15) is 0 Å². The fourth-order valence-corrected chi connectivity index (χ4v) is 3.15. The van der Waals surface area contributed by atoms with E-state index < -0.39 is 6.10 Å². The van der Waals surface area contributed by atoms with E-state index in [4.69, 9.17) is 23.2 Å². The number of halogens is 3. The summed E-state index contributed by atoms with van der Waals surface area (Å²) in [6.07, 6.45) is -0.0513. The van der Waals surface area contributed by atoms with Crippen LogP contribution >= 0.6 is 50.5 Å². The number of aliphatic hydroxyl groups is 1. The molecule has 1 nitrogen and oxygen atoms in total. The molecule has 0 aliphatic carbocycles. The Kier molecular flexibility index (Phi) is 4.50. The molecule has 5 heteroatoms. The predicted molar refractivity (Wildman–Crippen MR) is 77.1 cm³/mol. The van der Waals surface area contributed by atoms with Crippen molar-refractivity contribution in [3.63, 3.8) is 0 Å². The first kappa shape index (κ1) is 13.4. The van der Waals surface area contributed by atoms with Gasteiger partial charge in [-0.15, -0.1) is 11.3 Å². The zero-order chi connectivity index (χ0) is 12.4. The molecule has 2 aromatic rings. The van der Waals surface area contributed by atoms with Gasteiger partial charge in [-0.05, 0) is 45.1 Å². The summed E-state index contributed by atoms with van der Waals surface area (Å²) < 4.78 is 0.785. The van der Waals surface area contributed by atoms with Crippen molar-refractivity contribution in [3.8, 4) is 0 Å². The SMILES string of the molecule is OC(Cc1sccc1Cl)c1ccc(Cl)c(Br)c1. The topological polar surface area (TPSA) is 20.2 Å². The van der Waals surface area contributed by atoms with E-state index in [9.17, 15) is 5.11 Å². The van der Waals surface area contributed by atoms with Crippen LogP contribution in [0.1, 0.15) is 16.5 Å². The first-order valence-electron chi connectivity index (χ1n) is 4.93. The molecular formula is C12H9BrCl2OS. The van der Waals surface area contributed by atoms with E-state index in [1.165, 1.54) is 0 Å². The number of hydrogen-bond donors (Lipinski definition) is 1. The number of hydrogen-bond acceptors (Lipinski definition) is 2. The summed E-state index contributed by atoms with van der Waals surface area (Å²) >= 11 is 16.8. The maximum Gasteiger partial charge on any atom is 0.0839 e. The Morgan fingerprint density at radius 1 is 1.24 bits per heavy atom. The summed E-state index contributed by atoms with van der Waals surface area (Å²) in [6, 6.07) is 7.25. The van der Waals surface area contributed by atoms with Crippen molar-refractivity contribution in [3.05, 3.63) is 54.6 Å². The smallest absolute Gasteiger partial charge is 0.0839 e. The second-order valence-electron chi connectivity index (χ2n) is 3.59. The van der Waals surface area contributed by atoms with Gasteiger partial charge >= 0.3 is 0 Å². The Hall–Kier alpha value is -0.0600. The molecule has 0 bridgehead atoms. The van der Waals surface area contributed by atoms with Crippen LogP contribution in [0.25, 0.3) is 0 Å². The molecule has 1 N–H and O–H groups in total. The zero-order valence-electron chi connectivity index (χ0n) is 8.66. The van der Waals surface area contributed by atoms with Crippen molar-refractivity contribution >= 4 is 50.5 Å². The van der Waals surface area contributed by atoms with Gasteiger partial charge in [0.25, 0.3) is 0 Å². The van der Waals surface area contributed by atoms with E-state index in [1.807, 2.05) is 23.6 Å². The van der Waals surface area contributed by atoms with Gasteiger partial charge in [0.05, 0.1) is 16.1 Å². The Bertz CT molecular complexity index is 527. The second kappa shape index (κ2) is 5.72. The van der Waals surface area contributed by atoms with Crippen LogP contribution in [0, 0.1) is 0 Å². The van der Waals surface area contributed by atoms with E-state index in [0.29, 0.717) is 16.5 Å². The molecule has 0 aliphatic rings. The number of thiophene rings is 1. The monoisotopic (exact) mass is 350 g/mol. The Morgan fingerprint density at radius 3 is 2.59 bits per heavy atom. The summed E-state index contributed by atoms with van der Waals surface area (Å²) in [5, 5.41) is 13.4. The maximum atomic E-state index is 10.1. The van der Waals surface area contributed by atoms with E-state index >= 15 is 0 Å². The van der Waals surface area contributed by atoms with Gasteiger partial charge in [-0.25, -0.2) is 0 Å². The van der Waals surface area contributed by atoms with E-state index in [2.05, 4.69) is 15.9 Å². The molecule has 1 heterocycles. The van der Waals surface area contributed by atoms with Crippen molar-refractivity contribution in [2.45, 2.75) is 12.5 Å². The van der Waals surface area contributed by atoms with Gasteiger partial charge in [0.15, 0.2) is 0 Å². The highest BCUT2D eigenvalue weighted by Gasteiger charge is 2.13. The van der Waals surface area contributed by atoms with Crippen LogP contribution in [-0.4, -0.2) is 5.11 Å². The molecule has 1 aromatic carbocycles. The largest absolute Gasteiger partial charge is 0.388 e. The molecule has 1 unspecified atom stereocenters. The molecule has 2 rings (SSSR count). The third-order valence-electron chi connectivity index (χ3n) is 2.40. The molecule has 0 amide bonds. The molecule has 0 spiro atoms. The molecule has 0 saturated heterocycles. The molecule has 0 radical (unpaired) electrons. The minimum atomic E-state index is -0.570. The first-order chi connectivity index (χ1) is 8.08. The lowest BCUT2D eigenvalue weighted by atomic mass is 10.1. The van der Waals surface area contributed by atoms with Gasteiger partial charge in [-0.2, -0.15) is 0 Å². The minimum Gasteiger partial charge on any atom is -0.388 e. The number of aliphatic hydroxyl groups excluding tert-OH is 1. The summed E-state index contributed by atoms with van der Waals surface area (Å²) in [7, 11) is 0. The quantitative estimate of drug-likeness (QED) is 0.816. The van der Waals surface area contributed by atoms with Gasteiger partial charge in [0, 0.05) is 15.8 Å². The summed E-state index contributed by atoms with van der Waals surface area (Å²) in [5.41, 5.74) is 0.825. The molecule has 90 valence electrons. The van der Waals surface area contributed by atoms with Crippen LogP contribution in [0.2, 0.25) is 10.0 Å². The van der Waals surface area contributed by atoms with Gasteiger partial charge in [-0.1, -0.05) is 29.3 Å². The summed E-state index contributed by atoms with van der Waals surface area (Å²) in [6.45, 7) is 0. The average Bonchev–Trinajstić information content (AvgIpc) is 2.68. The maximum absolute atomic E-state index is 10.1. The summed E-state index contributed by atoms with van der Waals surface area (Å²) in [5.74, 6) is 0. The Morgan fingerprint density at radius 2 is 2.00 bits per heavy atom. The minimum absolute atomic E-state index is 0.518. The van der Waals surface area contributed by atoms with Crippen molar-refractivity contribution in [2.75, 3.05) is 0 Å². The average molecular weight is 352 g/mol. The van der Waals surface area contributed by atoms with Crippen molar-refractivity contribution in [2.24, 2.45) is 0 Å². The van der Waals surface area contributed by atoms with Crippen molar-refractivity contribution in [1.82, 2.24) is 0 Å². The lowest BCUT2D eigenvalue weighted by Crippen LogP contribution is -2.00. The number of benzene rings is 1. The normalized spacial score (nSPS) is 12.7. The molecule has 17 heavy (non-hydrogen) atoms. The molecule has 0 aliphatic heterocycles. The van der Waals surface area contributed by atoms with Crippen LogP contribution in [0.3, 0.4) is 0 Å². The third kappa shape index (κ3) is 3.24. The first-order valence-corrected chi connectivity index (χ1v) is 7.35. The molecule has 1 aromatic heterocycles. The fraction of sp³-hybridized carbons (Fsp3) is 0.167. The van der Waals surface area contributed by atoms with E-state index in [1.54, 1.807) is 17.4 Å². The Balaban J connectivity index is 2.17. The second-order valence-corrected chi connectivity index (χ2v) is 6.25. The van der Waals surface area contributed by atoms with Gasteiger partial charge in [0.2, 0.25) is 0 Å². The van der Waals surface area contributed by atoms with E-state index in [-0.39, 0.29) is 0 Å². The predicted octanol–water partition coefficient (Wildman–Crippen LogP) is 5.09. The Labute approximate surface area is 122 Å². The van der Waals surface area contributed by atoms with Gasteiger partial charge < -0.3 is 5.11 Å². The van der Waals surface area contributed by atoms with Crippen LogP contribution in [-0.2, 0) is 6.42 Å². The van der Waals surface area contributed by atoms with Crippen LogP contribution in [0.4, 0.5) is 0 Å².